The second-order valence-electron chi connectivity index (χ2n) is 8.52. The minimum atomic E-state index is -0.248. The Morgan fingerprint density at radius 3 is 2.74 bits per heavy atom. The molecule has 0 atom stereocenters. The highest BCUT2D eigenvalue weighted by atomic mass is 32.2. The fourth-order valence-electron chi connectivity index (χ4n) is 4.41. The van der Waals surface area contributed by atoms with E-state index in [2.05, 4.69) is 72.2 Å². The van der Waals surface area contributed by atoms with Crippen molar-refractivity contribution in [1.82, 2.24) is 29.7 Å². The molecule has 0 bridgehead atoms. The Kier molecular flexibility index (Phi) is 5.79. The molecule has 0 saturated heterocycles. The number of nitrogens with one attached hydrogen (secondary N) is 2. The van der Waals surface area contributed by atoms with Gasteiger partial charge in [0.25, 0.3) is 0 Å². The summed E-state index contributed by atoms with van der Waals surface area (Å²) in [5, 5.41) is 13.4. The summed E-state index contributed by atoms with van der Waals surface area (Å²) in [6, 6.07) is 19.7. The van der Waals surface area contributed by atoms with E-state index < -0.39 is 0 Å². The number of halogens is 1. The number of H-pyrrole nitrogens is 2. The van der Waals surface area contributed by atoms with Crippen molar-refractivity contribution in [2.24, 2.45) is 0 Å². The Bertz CT molecular complexity index is 1600. The Morgan fingerprint density at radius 1 is 0.943 bits per heavy atom. The van der Waals surface area contributed by atoms with Gasteiger partial charge in [-0.15, -0.1) is 10.2 Å². The molecule has 8 heteroatoms. The molecular weight excluding hydrogens is 459 g/mol. The second-order valence-corrected chi connectivity index (χ2v) is 9.56. The molecule has 0 spiro atoms. The molecule has 0 saturated carbocycles. The molecule has 35 heavy (non-hydrogen) atoms. The number of rotatable bonds is 8. The molecule has 6 nitrogen and oxygen atoms in total. The summed E-state index contributed by atoms with van der Waals surface area (Å²) < 4.78 is 15.9. The van der Waals surface area contributed by atoms with Crippen LogP contribution in [0.1, 0.15) is 23.5 Å². The maximum atomic E-state index is 13.6. The van der Waals surface area contributed by atoms with Gasteiger partial charge in [-0.1, -0.05) is 30.3 Å². The predicted molar refractivity (Wildman–Crippen MR) is 136 cm³/mol. The first kappa shape index (κ1) is 21.6. The normalized spacial score (nSPS) is 11.6. The Hall–Kier alpha value is -3.91. The summed E-state index contributed by atoms with van der Waals surface area (Å²) >= 11 is 1.63. The Morgan fingerprint density at radius 2 is 1.86 bits per heavy atom. The lowest BCUT2D eigenvalue weighted by molar-refractivity contribution is 0.573. The zero-order valence-corrected chi connectivity index (χ0v) is 19.7. The van der Waals surface area contributed by atoms with Crippen molar-refractivity contribution in [3.8, 4) is 0 Å². The van der Waals surface area contributed by atoms with Crippen molar-refractivity contribution in [3.05, 3.63) is 102 Å². The molecule has 0 unspecified atom stereocenters. The number of aromatic amines is 2. The lowest BCUT2D eigenvalue weighted by atomic mass is 10.1. The van der Waals surface area contributed by atoms with Crippen LogP contribution in [0.3, 0.4) is 0 Å². The quantitative estimate of drug-likeness (QED) is 0.273. The van der Waals surface area contributed by atoms with E-state index in [9.17, 15) is 4.39 Å². The summed E-state index contributed by atoms with van der Waals surface area (Å²) in [6.45, 7) is 0.786. The first-order chi connectivity index (χ1) is 17.2. The SMILES string of the molecule is Fc1ccc2c(Cc3nnc(Sc4ccc5ccccc5c4)n3CCCc3cnc[nH]3)c[nH]c2c1. The zero-order valence-electron chi connectivity index (χ0n) is 18.9. The minimum absolute atomic E-state index is 0.248. The highest BCUT2D eigenvalue weighted by molar-refractivity contribution is 7.99. The lowest BCUT2D eigenvalue weighted by Gasteiger charge is -2.10. The molecule has 0 amide bonds. The third kappa shape index (κ3) is 4.57. The first-order valence-electron chi connectivity index (χ1n) is 11.5. The van der Waals surface area contributed by atoms with Crippen molar-refractivity contribution < 1.29 is 4.39 Å². The van der Waals surface area contributed by atoms with Gasteiger partial charge in [-0.3, -0.25) is 0 Å². The van der Waals surface area contributed by atoms with Crippen LogP contribution in [0.25, 0.3) is 21.7 Å². The van der Waals surface area contributed by atoms with Crippen LogP contribution in [0.5, 0.6) is 0 Å². The van der Waals surface area contributed by atoms with Crippen LogP contribution in [0.15, 0.2) is 89.4 Å². The summed E-state index contributed by atoms with van der Waals surface area (Å²) in [5.74, 6) is 0.644. The third-order valence-electron chi connectivity index (χ3n) is 6.18. The molecule has 174 valence electrons. The van der Waals surface area contributed by atoms with Crippen molar-refractivity contribution in [1.29, 1.82) is 0 Å². The molecule has 2 N–H and O–H groups in total. The van der Waals surface area contributed by atoms with Gasteiger partial charge < -0.3 is 14.5 Å². The topological polar surface area (TPSA) is 75.2 Å². The van der Waals surface area contributed by atoms with Gasteiger partial charge in [-0.2, -0.15) is 0 Å². The molecule has 0 aliphatic carbocycles. The molecule has 0 radical (unpaired) electrons. The van der Waals surface area contributed by atoms with E-state index >= 15 is 0 Å². The van der Waals surface area contributed by atoms with Crippen molar-refractivity contribution in [2.45, 2.75) is 35.9 Å². The number of fused-ring (bicyclic) bond motifs is 2. The second kappa shape index (κ2) is 9.38. The molecular formula is C27H23FN6S. The van der Waals surface area contributed by atoms with E-state index in [1.54, 1.807) is 18.1 Å². The van der Waals surface area contributed by atoms with Gasteiger partial charge in [0.2, 0.25) is 0 Å². The van der Waals surface area contributed by atoms with Crippen LogP contribution < -0.4 is 0 Å². The standard InChI is InChI=1S/C27H23FN6S/c28-21-8-10-24-20(15-30-25(24)14-21)13-26-32-33-27(34(26)11-3-6-22-16-29-17-31-22)35-23-9-7-18-4-1-2-5-19(18)12-23/h1-2,4-5,7-10,12,14-17,30H,3,6,11,13H2,(H,29,31). The van der Waals surface area contributed by atoms with Gasteiger partial charge in [0, 0.05) is 46.9 Å². The van der Waals surface area contributed by atoms with Gasteiger partial charge in [0.15, 0.2) is 5.16 Å². The van der Waals surface area contributed by atoms with Crippen LogP contribution in [0.4, 0.5) is 4.39 Å². The number of benzene rings is 3. The molecule has 6 aromatic rings. The summed E-state index contributed by atoms with van der Waals surface area (Å²) in [4.78, 5) is 11.6. The molecule has 0 aliphatic heterocycles. The fourth-order valence-corrected chi connectivity index (χ4v) is 5.33. The maximum Gasteiger partial charge on any atom is 0.196 e. The van der Waals surface area contributed by atoms with Gasteiger partial charge in [0.1, 0.15) is 11.6 Å². The minimum Gasteiger partial charge on any atom is -0.361 e. The van der Waals surface area contributed by atoms with E-state index in [1.807, 2.05) is 18.5 Å². The maximum absolute atomic E-state index is 13.6. The molecule has 0 aliphatic rings. The van der Waals surface area contributed by atoms with Crippen molar-refractivity contribution >= 4 is 33.4 Å². The predicted octanol–water partition coefficient (Wildman–Crippen LogP) is 6.15. The van der Waals surface area contributed by atoms with E-state index in [4.69, 9.17) is 0 Å². The smallest absolute Gasteiger partial charge is 0.196 e. The number of aryl methyl sites for hydroxylation is 1. The first-order valence-corrected chi connectivity index (χ1v) is 12.4. The van der Waals surface area contributed by atoms with Crippen LogP contribution in [-0.2, 0) is 19.4 Å². The Balaban J connectivity index is 1.30. The highest BCUT2D eigenvalue weighted by Gasteiger charge is 2.16. The Labute approximate surface area is 205 Å². The van der Waals surface area contributed by atoms with E-state index in [1.165, 1.54) is 22.9 Å². The van der Waals surface area contributed by atoms with Crippen LogP contribution in [-0.4, -0.2) is 29.7 Å². The lowest BCUT2D eigenvalue weighted by Crippen LogP contribution is -2.07. The van der Waals surface area contributed by atoms with E-state index in [0.29, 0.717) is 6.42 Å². The molecule has 3 aromatic carbocycles. The van der Waals surface area contributed by atoms with Gasteiger partial charge in [0.05, 0.1) is 6.33 Å². The monoisotopic (exact) mass is 482 g/mol. The number of hydrogen-bond donors (Lipinski definition) is 2. The average Bonchev–Trinajstić information content (AvgIpc) is 3.61. The number of nitrogens with zero attached hydrogens (tertiary/aromatic N) is 4. The molecule has 3 aromatic heterocycles. The third-order valence-corrected chi connectivity index (χ3v) is 7.16. The van der Waals surface area contributed by atoms with Crippen LogP contribution in [0.2, 0.25) is 0 Å². The van der Waals surface area contributed by atoms with E-state index in [0.717, 1.165) is 57.4 Å². The van der Waals surface area contributed by atoms with Gasteiger partial charge >= 0.3 is 0 Å². The largest absolute Gasteiger partial charge is 0.361 e. The fraction of sp³-hybridized carbons (Fsp3) is 0.148. The van der Waals surface area contributed by atoms with E-state index in [-0.39, 0.29) is 5.82 Å². The van der Waals surface area contributed by atoms with Gasteiger partial charge in [-0.05, 0) is 71.3 Å². The number of imidazole rings is 1. The van der Waals surface area contributed by atoms with Crippen molar-refractivity contribution in [2.75, 3.05) is 0 Å². The summed E-state index contributed by atoms with van der Waals surface area (Å²) in [7, 11) is 0. The summed E-state index contributed by atoms with van der Waals surface area (Å²) in [6.07, 6.45) is 7.94. The molecule has 0 fully saturated rings. The number of hydrogen-bond acceptors (Lipinski definition) is 4. The zero-order chi connectivity index (χ0) is 23.6. The number of aromatic nitrogens is 6. The highest BCUT2D eigenvalue weighted by Crippen LogP contribution is 2.31. The van der Waals surface area contributed by atoms with Crippen LogP contribution in [0, 0.1) is 5.82 Å². The average molecular weight is 483 g/mol. The van der Waals surface area contributed by atoms with Crippen LogP contribution >= 0.6 is 11.8 Å². The molecule has 3 heterocycles. The molecule has 6 rings (SSSR count). The summed E-state index contributed by atoms with van der Waals surface area (Å²) in [5.41, 5.74) is 2.97. The van der Waals surface area contributed by atoms with Crippen molar-refractivity contribution in [3.63, 3.8) is 0 Å². The van der Waals surface area contributed by atoms with Gasteiger partial charge in [-0.25, -0.2) is 9.37 Å².